The average molecular weight is 256 g/mol. The van der Waals surface area contributed by atoms with E-state index in [-0.39, 0.29) is 6.10 Å². The third-order valence-electron chi connectivity index (χ3n) is 1.51. The van der Waals surface area contributed by atoms with Crippen molar-refractivity contribution in [2.24, 2.45) is 0 Å². The Kier molecular flexibility index (Phi) is 8.33. The number of aliphatic hydroxyl groups is 1. The summed E-state index contributed by atoms with van der Waals surface area (Å²) in [7, 11) is 0. The molecule has 0 radical (unpaired) electrons. The maximum atomic E-state index is 8.91. The van der Waals surface area contributed by atoms with E-state index in [9.17, 15) is 0 Å². The number of aliphatic hydroxyl groups excluding tert-OH is 1. The van der Waals surface area contributed by atoms with Crippen molar-refractivity contribution in [3.63, 3.8) is 0 Å². The Morgan fingerprint density at radius 3 is 2.30 bits per heavy atom. The first kappa shape index (κ1) is 10.7. The highest BCUT2D eigenvalue weighted by Crippen LogP contribution is 2.06. The van der Waals surface area contributed by atoms with Crippen LogP contribution in [0.2, 0.25) is 0 Å². The molecule has 0 fully saturated rings. The Morgan fingerprint density at radius 2 is 1.80 bits per heavy atom. The Bertz CT molecular complexity index is 64.3. The Morgan fingerprint density at radius 1 is 1.20 bits per heavy atom. The van der Waals surface area contributed by atoms with Crippen LogP contribution in [0.4, 0.5) is 0 Å². The average Bonchev–Trinajstić information content (AvgIpc) is 1.87. The third-order valence-corrected chi connectivity index (χ3v) is 2.27. The Balaban J connectivity index is 2.77. The number of hydrogen-bond donors (Lipinski definition) is 1. The van der Waals surface area contributed by atoms with Crippen LogP contribution in [0.25, 0.3) is 0 Å². The van der Waals surface area contributed by atoms with Crippen molar-refractivity contribution in [3.8, 4) is 0 Å². The van der Waals surface area contributed by atoms with E-state index < -0.39 is 0 Å². The second-order valence-corrected chi connectivity index (χ2v) is 3.82. The van der Waals surface area contributed by atoms with Crippen LogP contribution in [-0.2, 0) is 0 Å². The lowest BCUT2D eigenvalue weighted by Crippen LogP contribution is -1.98. The molecule has 0 aromatic heterocycles. The minimum atomic E-state index is -0.0976. The van der Waals surface area contributed by atoms with Crippen LogP contribution in [0.5, 0.6) is 0 Å². The second-order valence-electron chi connectivity index (χ2n) is 2.74. The van der Waals surface area contributed by atoms with Gasteiger partial charge < -0.3 is 5.11 Å². The molecule has 0 heterocycles. The summed E-state index contributed by atoms with van der Waals surface area (Å²) in [6.07, 6.45) is 6.01. The molecule has 2 heteroatoms. The maximum absolute atomic E-state index is 8.91. The standard InChI is InChI=1S/C8H17IO/c1-8(10)6-4-2-3-5-7-9/h8,10H,2-7H2,1H3/t8-/m0/s1. The summed E-state index contributed by atoms with van der Waals surface area (Å²) >= 11 is 2.40. The van der Waals surface area contributed by atoms with E-state index in [0.29, 0.717) is 0 Å². The molecule has 0 aliphatic heterocycles. The molecule has 0 aliphatic rings. The molecule has 1 nitrogen and oxygen atoms in total. The summed E-state index contributed by atoms with van der Waals surface area (Å²) in [6, 6.07) is 0. The summed E-state index contributed by atoms with van der Waals surface area (Å²) in [5, 5.41) is 8.91. The number of unbranched alkanes of at least 4 members (excludes halogenated alkanes) is 3. The molecular weight excluding hydrogens is 239 g/mol. The van der Waals surface area contributed by atoms with Crippen LogP contribution in [0.15, 0.2) is 0 Å². The second kappa shape index (κ2) is 7.79. The third kappa shape index (κ3) is 8.69. The zero-order valence-electron chi connectivity index (χ0n) is 6.65. The van der Waals surface area contributed by atoms with Crippen molar-refractivity contribution in [2.45, 2.75) is 45.1 Å². The normalized spacial score (nSPS) is 13.5. The predicted molar refractivity (Wildman–Crippen MR) is 53.7 cm³/mol. The molecule has 0 bridgehead atoms. The van der Waals surface area contributed by atoms with Crippen LogP contribution < -0.4 is 0 Å². The van der Waals surface area contributed by atoms with Gasteiger partial charge in [-0.25, -0.2) is 0 Å². The molecule has 0 amide bonds. The van der Waals surface area contributed by atoms with Gasteiger partial charge in [-0.05, 0) is 24.2 Å². The molecule has 0 unspecified atom stereocenters. The van der Waals surface area contributed by atoms with Crippen LogP contribution in [0, 0.1) is 0 Å². The molecule has 10 heavy (non-hydrogen) atoms. The summed E-state index contributed by atoms with van der Waals surface area (Å²) in [6.45, 7) is 1.86. The summed E-state index contributed by atoms with van der Waals surface area (Å²) < 4.78 is 1.27. The van der Waals surface area contributed by atoms with Gasteiger partial charge in [0.15, 0.2) is 0 Å². The fourth-order valence-corrected chi connectivity index (χ4v) is 1.43. The molecule has 0 spiro atoms. The highest BCUT2D eigenvalue weighted by Gasteiger charge is 1.94. The SMILES string of the molecule is C[C@H](O)CCCCCCI. The molecule has 1 N–H and O–H groups in total. The first-order valence-electron chi connectivity index (χ1n) is 4.01. The number of halogens is 1. The van der Waals surface area contributed by atoms with Gasteiger partial charge in [-0.2, -0.15) is 0 Å². The van der Waals surface area contributed by atoms with Gasteiger partial charge in [0.2, 0.25) is 0 Å². The van der Waals surface area contributed by atoms with Crippen molar-refractivity contribution < 1.29 is 5.11 Å². The molecule has 0 aromatic carbocycles. The van der Waals surface area contributed by atoms with Crippen LogP contribution >= 0.6 is 22.6 Å². The highest BCUT2D eigenvalue weighted by molar-refractivity contribution is 14.1. The number of hydrogen-bond acceptors (Lipinski definition) is 1. The van der Waals surface area contributed by atoms with Gasteiger partial charge in [0, 0.05) is 0 Å². The molecule has 62 valence electrons. The smallest absolute Gasteiger partial charge is 0.0512 e. The van der Waals surface area contributed by atoms with Crippen molar-refractivity contribution in [3.05, 3.63) is 0 Å². The topological polar surface area (TPSA) is 20.2 Å². The van der Waals surface area contributed by atoms with E-state index in [4.69, 9.17) is 5.11 Å². The van der Waals surface area contributed by atoms with E-state index in [0.717, 1.165) is 6.42 Å². The molecule has 1 atom stereocenters. The van der Waals surface area contributed by atoms with E-state index in [1.54, 1.807) is 0 Å². The first-order valence-corrected chi connectivity index (χ1v) is 5.54. The lowest BCUT2D eigenvalue weighted by molar-refractivity contribution is 0.180. The van der Waals surface area contributed by atoms with E-state index >= 15 is 0 Å². The quantitative estimate of drug-likeness (QED) is 0.440. The Hall–Kier alpha value is 0.690. The van der Waals surface area contributed by atoms with Crippen LogP contribution in [-0.4, -0.2) is 15.6 Å². The molecular formula is C8H17IO. The lowest BCUT2D eigenvalue weighted by atomic mass is 10.1. The molecule has 0 rings (SSSR count). The van der Waals surface area contributed by atoms with Crippen molar-refractivity contribution in [1.82, 2.24) is 0 Å². The minimum absolute atomic E-state index is 0.0976. The van der Waals surface area contributed by atoms with Crippen LogP contribution in [0.1, 0.15) is 39.0 Å². The minimum Gasteiger partial charge on any atom is -0.393 e. The van der Waals surface area contributed by atoms with Crippen molar-refractivity contribution >= 4 is 22.6 Å². The van der Waals surface area contributed by atoms with Gasteiger partial charge in [0.05, 0.1) is 6.10 Å². The fourth-order valence-electron chi connectivity index (χ4n) is 0.888. The largest absolute Gasteiger partial charge is 0.393 e. The molecule has 0 saturated carbocycles. The fraction of sp³-hybridized carbons (Fsp3) is 1.00. The highest BCUT2D eigenvalue weighted by atomic mass is 127. The molecule has 0 aliphatic carbocycles. The van der Waals surface area contributed by atoms with Crippen molar-refractivity contribution in [1.29, 1.82) is 0 Å². The molecule has 0 saturated heterocycles. The lowest BCUT2D eigenvalue weighted by Gasteiger charge is -2.01. The first-order chi connectivity index (χ1) is 4.77. The summed E-state index contributed by atoms with van der Waals surface area (Å²) in [5.41, 5.74) is 0. The van der Waals surface area contributed by atoms with Gasteiger partial charge in [-0.15, -0.1) is 0 Å². The Labute approximate surface area is 77.3 Å². The van der Waals surface area contributed by atoms with Gasteiger partial charge >= 0.3 is 0 Å². The zero-order chi connectivity index (χ0) is 7.82. The summed E-state index contributed by atoms with van der Waals surface area (Å²) in [4.78, 5) is 0. The zero-order valence-corrected chi connectivity index (χ0v) is 8.80. The number of rotatable bonds is 6. The predicted octanol–water partition coefficient (Wildman–Crippen LogP) is 2.75. The monoisotopic (exact) mass is 256 g/mol. The van der Waals surface area contributed by atoms with Gasteiger partial charge in [0.25, 0.3) is 0 Å². The van der Waals surface area contributed by atoms with Gasteiger partial charge in [-0.1, -0.05) is 41.9 Å². The van der Waals surface area contributed by atoms with E-state index in [2.05, 4.69) is 22.6 Å². The van der Waals surface area contributed by atoms with E-state index in [1.807, 2.05) is 6.92 Å². The van der Waals surface area contributed by atoms with Crippen molar-refractivity contribution in [2.75, 3.05) is 4.43 Å². The molecule has 0 aromatic rings. The van der Waals surface area contributed by atoms with Gasteiger partial charge in [-0.3, -0.25) is 0 Å². The van der Waals surface area contributed by atoms with Gasteiger partial charge in [0.1, 0.15) is 0 Å². The van der Waals surface area contributed by atoms with E-state index in [1.165, 1.54) is 30.1 Å². The number of alkyl halides is 1. The van der Waals surface area contributed by atoms with Crippen LogP contribution in [0.3, 0.4) is 0 Å². The summed E-state index contributed by atoms with van der Waals surface area (Å²) in [5.74, 6) is 0. The maximum Gasteiger partial charge on any atom is 0.0512 e.